The van der Waals surface area contributed by atoms with Gasteiger partial charge in [-0.25, -0.2) is 0 Å². The molecule has 0 radical (unpaired) electrons. The number of rotatable bonds is 3. The van der Waals surface area contributed by atoms with Gasteiger partial charge in [0.2, 0.25) is 0 Å². The lowest BCUT2D eigenvalue weighted by Gasteiger charge is -2.44. The molecule has 1 aliphatic rings. The zero-order valence-corrected chi connectivity index (χ0v) is 11.1. The summed E-state index contributed by atoms with van der Waals surface area (Å²) in [4.78, 5) is 2.62. The Morgan fingerprint density at radius 3 is 2.47 bits per heavy atom. The van der Waals surface area contributed by atoms with Crippen LogP contribution in [0.25, 0.3) is 0 Å². The average Bonchev–Trinajstić information content (AvgIpc) is 2.19. The second kappa shape index (κ2) is 4.84. The summed E-state index contributed by atoms with van der Waals surface area (Å²) in [6.45, 7) is 14.0. The van der Waals surface area contributed by atoms with Crippen LogP contribution in [-0.2, 0) is 0 Å². The maximum atomic E-state index is 6.10. The number of nitrogens with two attached hydrogens (primary N) is 1. The number of likely N-dealkylation sites (tertiary alicyclic amines) is 1. The highest BCUT2D eigenvalue weighted by Gasteiger charge is 2.32. The van der Waals surface area contributed by atoms with Crippen LogP contribution in [0.1, 0.15) is 47.5 Å². The van der Waals surface area contributed by atoms with Crippen molar-refractivity contribution in [1.29, 1.82) is 0 Å². The van der Waals surface area contributed by atoms with E-state index >= 15 is 0 Å². The van der Waals surface area contributed by atoms with Gasteiger partial charge in [-0.15, -0.1) is 0 Å². The van der Waals surface area contributed by atoms with E-state index in [2.05, 4.69) is 39.5 Å². The quantitative estimate of drug-likeness (QED) is 0.779. The zero-order valence-electron chi connectivity index (χ0n) is 11.1. The van der Waals surface area contributed by atoms with E-state index < -0.39 is 0 Å². The minimum atomic E-state index is 0.404. The van der Waals surface area contributed by atoms with Crippen LogP contribution in [0.3, 0.4) is 0 Å². The fourth-order valence-corrected chi connectivity index (χ4v) is 2.36. The van der Waals surface area contributed by atoms with Gasteiger partial charge in [-0.05, 0) is 37.6 Å². The molecule has 0 aromatic carbocycles. The fourth-order valence-electron chi connectivity index (χ4n) is 2.36. The first-order chi connectivity index (χ1) is 6.87. The predicted octanol–water partition coefficient (Wildman–Crippen LogP) is 2.48. The third-order valence-corrected chi connectivity index (χ3v) is 4.35. The molecular weight excluding hydrogens is 184 g/mol. The lowest BCUT2D eigenvalue weighted by atomic mass is 9.84. The van der Waals surface area contributed by atoms with E-state index in [9.17, 15) is 0 Å². The van der Waals surface area contributed by atoms with Gasteiger partial charge in [0.15, 0.2) is 0 Å². The smallest absolute Gasteiger partial charge is 0.0108 e. The summed E-state index contributed by atoms with van der Waals surface area (Å²) < 4.78 is 0. The van der Waals surface area contributed by atoms with Crippen LogP contribution >= 0.6 is 0 Å². The molecule has 1 heterocycles. The second-order valence-electron chi connectivity index (χ2n) is 6.04. The fraction of sp³-hybridized carbons (Fsp3) is 1.00. The van der Waals surface area contributed by atoms with Crippen molar-refractivity contribution in [2.45, 2.75) is 59.5 Å². The molecule has 0 amide bonds. The van der Waals surface area contributed by atoms with Crippen LogP contribution in [0, 0.1) is 11.3 Å². The Kier molecular flexibility index (Phi) is 4.19. The van der Waals surface area contributed by atoms with E-state index in [-0.39, 0.29) is 0 Å². The summed E-state index contributed by atoms with van der Waals surface area (Å²) in [6, 6.07) is 1.04. The van der Waals surface area contributed by atoms with E-state index in [0.717, 1.165) is 6.42 Å². The first-order valence-electron chi connectivity index (χ1n) is 6.37. The molecule has 15 heavy (non-hydrogen) atoms. The van der Waals surface area contributed by atoms with Gasteiger partial charge in [-0.2, -0.15) is 0 Å². The standard InChI is InChI=1S/C13H28N2/c1-6-13(4,5)9-15-8-7-12(14)10(2)11(15)3/h10-12H,6-9,14H2,1-5H3. The molecule has 1 aliphatic heterocycles. The molecule has 0 aliphatic carbocycles. The van der Waals surface area contributed by atoms with Crippen LogP contribution in [0.2, 0.25) is 0 Å². The van der Waals surface area contributed by atoms with E-state index in [1.165, 1.54) is 19.5 Å². The highest BCUT2D eigenvalue weighted by molar-refractivity contribution is 4.88. The van der Waals surface area contributed by atoms with Crippen LogP contribution in [0.4, 0.5) is 0 Å². The minimum absolute atomic E-state index is 0.404. The van der Waals surface area contributed by atoms with E-state index in [1.807, 2.05) is 0 Å². The first-order valence-corrected chi connectivity index (χ1v) is 6.37. The Morgan fingerprint density at radius 2 is 1.93 bits per heavy atom. The number of piperidine rings is 1. The Balaban J connectivity index is 2.56. The number of hydrogen-bond donors (Lipinski definition) is 1. The zero-order chi connectivity index (χ0) is 11.6. The lowest BCUT2D eigenvalue weighted by molar-refractivity contribution is 0.0598. The van der Waals surface area contributed by atoms with Crippen molar-refractivity contribution in [2.24, 2.45) is 17.1 Å². The van der Waals surface area contributed by atoms with Gasteiger partial charge >= 0.3 is 0 Å². The highest BCUT2D eigenvalue weighted by Crippen LogP contribution is 2.28. The molecule has 0 bridgehead atoms. The van der Waals surface area contributed by atoms with E-state index in [4.69, 9.17) is 5.73 Å². The maximum Gasteiger partial charge on any atom is 0.0108 e. The molecule has 2 N–H and O–H groups in total. The van der Waals surface area contributed by atoms with Gasteiger partial charge in [-0.3, -0.25) is 4.90 Å². The van der Waals surface area contributed by atoms with Crippen molar-refractivity contribution in [3.05, 3.63) is 0 Å². The van der Waals surface area contributed by atoms with Gasteiger partial charge in [0, 0.05) is 18.6 Å². The summed E-state index contributed by atoms with van der Waals surface area (Å²) >= 11 is 0. The van der Waals surface area contributed by atoms with Crippen molar-refractivity contribution in [3.63, 3.8) is 0 Å². The van der Waals surface area contributed by atoms with Crippen LogP contribution in [-0.4, -0.2) is 30.1 Å². The molecule has 2 heteroatoms. The summed E-state index contributed by atoms with van der Waals surface area (Å²) in [7, 11) is 0. The molecule has 1 rings (SSSR count). The molecule has 90 valence electrons. The largest absolute Gasteiger partial charge is 0.327 e. The summed E-state index contributed by atoms with van der Waals surface area (Å²) in [5.41, 5.74) is 6.54. The van der Waals surface area contributed by atoms with Gasteiger partial charge in [-0.1, -0.05) is 27.7 Å². The van der Waals surface area contributed by atoms with Crippen molar-refractivity contribution < 1.29 is 0 Å². The van der Waals surface area contributed by atoms with Crippen LogP contribution in [0.5, 0.6) is 0 Å². The second-order valence-corrected chi connectivity index (χ2v) is 6.04. The van der Waals surface area contributed by atoms with E-state index in [0.29, 0.717) is 23.4 Å². The Morgan fingerprint density at radius 1 is 1.33 bits per heavy atom. The monoisotopic (exact) mass is 212 g/mol. The van der Waals surface area contributed by atoms with Gasteiger partial charge < -0.3 is 5.73 Å². The lowest BCUT2D eigenvalue weighted by Crippen LogP contribution is -2.53. The van der Waals surface area contributed by atoms with Gasteiger partial charge in [0.05, 0.1) is 0 Å². The normalized spacial score (nSPS) is 34.4. The Hall–Kier alpha value is -0.0800. The molecule has 1 saturated heterocycles. The summed E-state index contributed by atoms with van der Waals surface area (Å²) in [5.74, 6) is 0.631. The van der Waals surface area contributed by atoms with Crippen LogP contribution < -0.4 is 5.73 Å². The van der Waals surface area contributed by atoms with E-state index in [1.54, 1.807) is 0 Å². The molecule has 2 nitrogen and oxygen atoms in total. The Labute approximate surface area is 95.2 Å². The topological polar surface area (TPSA) is 29.3 Å². The summed E-state index contributed by atoms with van der Waals surface area (Å²) in [6.07, 6.45) is 2.40. The van der Waals surface area contributed by atoms with Crippen LogP contribution in [0.15, 0.2) is 0 Å². The molecule has 0 aromatic rings. The predicted molar refractivity (Wildman–Crippen MR) is 66.9 cm³/mol. The average molecular weight is 212 g/mol. The third kappa shape index (κ3) is 3.18. The first kappa shape index (κ1) is 13.0. The molecule has 0 saturated carbocycles. The molecule has 1 fully saturated rings. The maximum absolute atomic E-state index is 6.10. The third-order valence-electron chi connectivity index (χ3n) is 4.35. The molecule has 3 atom stereocenters. The van der Waals surface area contributed by atoms with Gasteiger partial charge in [0.25, 0.3) is 0 Å². The van der Waals surface area contributed by atoms with Crippen molar-refractivity contribution in [1.82, 2.24) is 4.90 Å². The molecular formula is C13H28N2. The Bertz CT molecular complexity index is 201. The molecule has 3 unspecified atom stereocenters. The highest BCUT2D eigenvalue weighted by atomic mass is 15.2. The summed E-state index contributed by atoms with van der Waals surface area (Å²) in [5, 5.41) is 0. The van der Waals surface area contributed by atoms with Crippen molar-refractivity contribution >= 4 is 0 Å². The van der Waals surface area contributed by atoms with Gasteiger partial charge in [0.1, 0.15) is 0 Å². The SMILES string of the molecule is CCC(C)(C)CN1CCC(N)C(C)C1C. The van der Waals surface area contributed by atoms with Crippen molar-refractivity contribution in [2.75, 3.05) is 13.1 Å². The van der Waals surface area contributed by atoms with Crippen molar-refractivity contribution in [3.8, 4) is 0 Å². The molecule has 0 aromatic heterocycles. The number of nitrogens with zero attached hydrogens (tertiary/aromatic N) is 1. The molecule has 0 spiro atoms. The minimum Gasteiger partial charge on any atom is -0.327 e. The number of hydrogen-bond acceptors (Lipinski definition) is 2.